The maximum Gasteiger partial charge on any atom is 0.273 e. The van der Waals surface area contributed by atoms with Gasteiger partial charge in [-0.25, -0.2) is 0 Å². The summed E-state index contributed by atoms with van der Waals surface area (Å²) in [4.78, 5) is 20.9. The summed E-state index contributed by atoms with van der Waals surface area (Å²) in [5, 5.41) is 0. The lowest BCUT2D eigenvalue weighted by Gasteiger charge is -2.22. The van der Waals surface area contributed by atoms with Crippen LogP contribution < -0.4 is 5.56 Å². The highest BCUT2D eigenvalue weighted by atomic mass is 16.1. The maximum atomic E-state index is 11.9. The first-order valence-electron chi connectivity index (χ1n) is 8.44. The van der Waals surface area contributed by atoms with Gasteiger partial charge in [0, 0.05) is 35.9 Å². The van der Waals surface area contributed by atoms with Gasteiger partial charge >= 0.3 is 0 Å². The first-order valence-corrected chi connectivity index (χ1v) is 8.44. The first-order chi connectivity index (χ1) is 12.1. The standard InChI is InChI=1S/C21H19N3O/c1-14-8-9-18-17(12-14)21(16-6-4-3-5-7-16)22-11-10-19-23-20(25)13-15(2)24(18)19/h3-9,12-13H,10-11H2,1-2H3. The SMILES string of the molecule is Cc1ccc2c(c1)C(c1ccccc1)=NCCc1nc(=O)cc(C)n1-2. The summed E-state index contributed by atoms with van der Waals surface area (Å²) in [6.45, 7) is 4.64. The fraction of sp³-hybridized carbons (Fsp3) is 0.190. The van der Waals surface area contributed by atoms with Crippen LogP contribution in [0.4, 0.5) is 0 Å². The molecule has 0 saturated carbocycles. The number of nitrogens with zero attached hydrogens (tertiary/aromatic N) is 3. The topological polar surface area (TPSA) is 47.2 Å². The third kappa shape index (κ3) is 2.80. The summed E-state index contributed by atoms with van der Waals surface area (Å²) in [6, 6.07) is 18.2. The number of hydrogen-bond acceptors (Lipinski definition) is 3. The highest BCUT2D eigenvalue weighted by molar-refractivity contribution is 6.15. The van der Waals surface area contributed by atoms with Gasteiger partial charge in [-0.3, -0.25) is 9.79 Å². The summed E-state index contributed by atoms with van der Waals surface area (Å²) in [5.41, 5.74) is 6.07. The third-order valence-corrected chi connectivity index (χ3v) is 4.48. The molecule has 4 nitrogen and oxygen atoms in total. The number of aliphatic imine (C=N–C) groups is 1. The Hall–Kier alpha value is -3.01. The number of benzene rings is 2. The molecule has 4 rings (SSSR count). The zero-order valence-electron chi connectivity index (χ0n) is 14.4. The van der Waals surface area contributed by atoms with E-state index in [2.05, 4.69) is 46.8 Å². The van der Waals surface area contributed by atoms with E-state index in [0.29, 0.717) is 13.0 Å². The van der Waals surface area contributed by atoms with Crippen molar-refractivity contribution >= 4 is 5.71 Å². The first kappa shape index (κ1) is 15.5. The van der Waals surface area contributed by atoms with E-state index >= 15 is 0 Å². The minimum absolute atomic E-state index is 0.190. The Morgan fingerprint density at radius 1 is 1.00 bits per heavy atom. The van der Waals surface area contributed by atoms with Crippen LogP contribution in [-0.2, 0) is 6.42 Å². The van der Waals surface area contributed by atoms with Gasteiger partial charge < -0.3 is 4.57 Å². The molecule has 0 bridgehead atoms. The molecule has 0 saturated heterocycles. The predicted octanol–water partition coefficient (Wildman–Crippen LogP) is 3.24. The van der Waals surface area contributed by atoms with Crippen molar-refractivity contribution in [2.75, 3.05) is 6.54 Å². The smallest absolute Gasteiger partial charge is 0.273 e. The van der Waals surface area contributed by atoms with E-state index in [1.807, 2.05) is 25.1 Å². The molecule has 25 heavy (non-hydrogen) atoms. The average molecular weight is 329 g/mol. The van der Waals surface area contributed by atoms with Crippen LogP contribution in [0.1, 0.15) is 28.2 Å². The molecule has 1 aliphatic rings. The van der Waals surface area contributed by atoms with Crippen LogP contribution in [0.15, 0.2) is 64.4 Å². The normalized spacial score (nSPS) is 13.3. The zero-order valence-corrected chi connectivity index (χ0v) is 14.4. The van der Waals surface area contributed by atoms with E-state index in [4.69, 9.17) is 4.99 Å². The second-order valence-electron chi connectivity index (χ2n) is 6.35. The van der Waals surface area contributed by atoms with Gasteiger partial charge in [-0.1, -0.05) is 42.0 Å². The molecule has 1 aliphatic heterocycles. The van der Waals surface area contributed by atoms with Crippen LogP contribution in [-0.4, -0.2) is 21.8 Å². The zero-order chi connectivity index (χ0) is 17.4. The number of fused-ring (bicyclic) bond motifs is 3. The minimum Gasteiger partial charge on any atom is -0.302 e. The summed E-state index contributed by atoms with van der Waals surface area (Å²) in [5.74, 6) is 0.769. The molecule has 124 valence electrons. The Bertz CT molecular complexity index is 1030. The van der Waals surface area contributed by atoms with Gasteiger partial charge in [0.05, 0.1) is 11.4 Å². The lowest BCUT2D eigenvalue weighted by molar-refractivity contribution is 0.765. The van der Waals surface area contributed by atoms with Crippen LogP contribution >= 0.6 is 0 Å². The van der Waals surface area contributed by atoms with E-state index in [0.717, 1.165) is 34.0 Å². The average Bonchev–Trinajstić information content (AvgIpc) is 2.58. The van der Waals surface area contributed by atoms with E-state index in [1.165, 1.54) is 5.56 Å². The van der Waals surface area contributed by atoms with Gasteiger partial charge in [0.15, 0.2) is 0 Å². The number of aromatic nitrogens is 2. The fourth-order valence-corrected chi connectivity index (χ4v) is 3.38. The summed E-state index contributed by atoms with van der Waals surface area (Å²) in [6.07, 6.45) is 0.639. The highest BCUT2D eigenvalue weighted by Gasteiger charge is 2.19. The van der Waals surface area contributed by atoms with Crippen molar-refractivity contribution < 1.29 is 0 Å². The molecule has 0 spiro atoms. The summed E-state index contributed by atoms with van der Waals surface area (Å²) in [7, 11) is 0. The largest absolute Gasteiger partial charge is 0.302 e. The molecular formula is C21H19N3O. The number of aryl methyl sites for hydroxylation is 2. The molecule has 0 radical (unpaired) electrons. The van der Waals surface area contributed by atoms with Gasteiger partial charge in [0.1, 0.15) is 5.82 Å². The Morgan fingerprint density at radius 2 is 1.80 bits per heavy atom. The van der Waals surface area contributed by atoms with E-state index in [1.54, 1.807) is 6.07 Å². The molecule has 0 N–H and O–H groups in total. The predicted molar refractivity (Wildman–Crippen MR) is 100.0 cm³/mol. The monoisotopic (exact) mass is 329 g/mol. The third-order valence-electron chi connectivity index (χ3n) is 4.48. The Morgan fingerprint density at radius 3 is 2.60 bits per heavy atom. The van der Waals surface area contributed by atoms with Crippen molar-refractivity contribution in [3.63, 3.8) is 0 Å². The van der Waals surface area contributed by atoms with E-state index in [-0.39, 0.29) is 5.56 Å². The van der Waals surface area contributed by atoms with Crippen molar-refractivity contribution in [3.05, 3.63) is 93.2 Å². The van der Waals surface area contributed by atoms with Gasteiger partial charge in [-0.15, -0.1) is 0 Å². The van der Waals surface area contributed by atoms with Crippen LogP contribution in [0, 0.1) is 13.8 Å². The number of hydrogen-bond donors (Lipinski definition) is 0. The molecule has 0 amide bonds. The van der Waals surface area contributed by atoms with Gasteiger partial charge in [-0.2, -0.15) is 4.98 Å². The fourth-order valence-electron chi connectivity index (χ4n) is 3.38. The van der Waals surface area contributed by atoms with Crippen molar-refractivity contribution in [1.82, 2.24) is 9.55 Å². The second-order valence-corrected chi connectivity index (χ2v) is 6.35. The quantitative estimate of drug-likeness (QED) is 0.688. The Labute approximate surface area is 146 Å². The second kappa shape index (κ2) is 6.13. The van der Waals surface area contributed by atoms with Crippen LogP contribution in [0.25, 0.3) is 5.69 Å². The minimum atomic E-state index is -0.190. The molecule has 0 unspecified atom stereocenters. The highest BCUT2D eigenvalue weighted by Crippen LogP contribution is 2.25. The van der Waals surface area contributed by atoms with Crippen LogP contribution in [0.3, 0.4) is 0 Å². The van der Waals surface area contributed by atoms with Gasteiger partial charge in [0.25, 0.3) is 5.56 Å². The van der Waals surface area contributed by atoms with Crippen LogP contribution in [0.2, 0.25) is 0 Å². The van der Waals surface area contributed by atoms with Crippen molar-refractivity contribution in [3.8, 4) is 5.69 Å². The van der Waals surface area contributed by atoms with Crippen molar-refractivity contribution in [2.24, 2.45) is 4.99 Å². The van der Waals surface area contributed by atoms with Gasteiger partial charge in [0.2, 0.25) is 0 Å². The van der Waals surface area contributed by atoms with Crippen LogP contribution in [0.5, 0.6) is 0 Å². The summed E-state index contributed by atoms with van der Waals surface area (Å²) < 4.78 is 2.09. The molecule has 0 aliphatic carbocycles. The molecule has 4 heteroatoms. The Balaban J connectivity index is 2.03. The molecule has 2 heterocycles. The van der Waals surface area contributed by atoms with E-state index in [9.17, 15) is 4.79 Å². The molecule has 1 aromatic heterocycles. The molecular weight excluding hydrogens is 310 g/mol. The van der Waals surface area contributed by atoms with Crippen molar-refractivity contribution in [1.29, 1.82) is 0 Å². The molecule has 0 fully saturated rings. The molecule has 0 atom stereocenters. The lowest BCUT2D eigenvalue weighted by Crippen LogP contribution is -2.23. The van der Waals surface area contributed by atoms with Crippen molar-refractivity contribution in [2.45, 2.75) is 20.3 Å². The molecule has 3 aromatic rings. The maximum absolute atomic E-state index is 11.9. The number of rotatable bonds is 1. The van der Waals surface area contributed by atoms with Gasteiger partial charge in [-0.05, 0) is 26.0 Å². The Kier molecular flexibility index (Phi) is 3.80. The summed E-state index contributed by atoms with van der Waals surface area (Å²) >= 11 is 0. The molecule has 2 aromatic carbocycles. The van der Waals surface area contributed by atoms with E-state index < -0.39 is 0 Å². The lowest BCUT2D eigenvalue weighted by atomic mass is 9.97.